The molecule has 0 bridgehead atoms. The van der Waals surface area contributed by atoms with Crippen molar-refractivity contribution in [1.82, 2.24) is 0 Å². The van der Waals surface area contributed by atoms with E-state index >= 15 is 0 Å². The number of halogens is 4. The molecule has 0 fully saturated rings. The molecule has 2 atom stereocenters. The molecule has 2 unspecified atom stereocenters. The predicted octanol–water partition coefficient (Wildman–Crippen LogP) is 4.50. The van der Waals surface area contributed by atoms with Crippen LogP contribution in [-0.4, -0.2) is 24.0 Å². The van der Waals surface area contributed by atoms with E-state index in [-0.39, 0.29) is 10.7 Å². The van der Waals surface area contributed by atoms with Gasteiger partial charge in [-0.15, -0.1) is 0 Å². The highest BCUT2D eigenvalue weighted by atomic mass is 35.5. The Balaban J connectivity index is 1.89. The van der Waals surface area contributed by atoms with Gasteiger partial charge in [0.15, 0.2) is 6.10 Å². The van der Waals surface area contributed by atoms with Crippen LogP contribution in [0.2, 0.25) is 5.02 Å². The predicted molar refractivity (Wildman–Crippen MR) is 98.6 cm³/mol. The molecule has 0 aromatic heterocycles. The average Bonchev–Trinajstić information content (AvgIpc) is 2.63. The molecule has 2 amide bonds. The standard InChI is InChI=1S/C19H16ClF3N2O3/c1-10(25-15-5-3-4-6-16(15)28-11(2)18(25)27)17(26)24-14-9-12(19(21,22)23)7-8-13(14)20/h3-11H,1-2H3,(H,24,26). The van der Waals surface area contributed by atoms with Gasteiger partial charge in [0, 0.05) is 0 Å². The Bertz CT molecular complexity index is 933. The van der Waals surface area contributed by atoms with Crippen molar-refractivity contribution in [2.75, 3.05) is 10.2 Å². The van der Waals surface area contributed by atoms with Crippen LogP contribution in [-0.2, 0) is 15.8 Å². The normalized spacial score (nSPS) is 17.6. The fraction of sp³-hybridized carbons (Fsp3) is 0.263. The SMILES string of the molecule is CC1Oc2ccccc2N(C(C)C(=O)Nc2cc(C(F)(F)F)ccc2Cl)C1=O. The van der Waals surface area contributed by atoms with E-state index in [1.165, 1.54) is 11.8 Å². The van der Waals surface area contributed by atoms with E-state index in [4.69, 9.17) is 16.3 Å². The second-order valence-corrected chi connectivity index (χ2v) is 6.70. The molecule has 2 aromatic rings. The van der Waals surface area contributed by atoms with Gasteiger partial charge in [0.05, 0.1) is 22.0 Å². The molecule has 1 heterocycles. The first-order valence-electron chi connectivity index (χ1n) is 8.36. The number of carbonyl (C=O) groups is 2. The first-order valence-corrected chi connectivity index (χ1v) is 8.73. The highest BCUT2D eigenvalue weighted by Gasteiger charge is 2.37. The summed E-state index contributed by atoms with van der Waals surface area (Å²) in [4.78, 5) is 26.6. The van der Waals surface area contributed by atoms with Crippen LogP contribution in [0.3, 0.4) is 0 Å². The summed E-state index contributed by atoms with van der Waals surface area (Å²) < 4.78 is 44.3. The van der Waals surface area contributed by atoms with Gasteiger partial charge >= 0.3 is 6.18 Å². The zero-order chi connectivity index (χ0) is 20.6. The van der Waals surface area contributed by atoms with Crippen LogP contribution in [0.1, 0.15) is 19.4 Å². The first-order chi connectivity index (χ1) is 13.1. The molecule has 5 nitrogen and oxygen atoms in total. The number of nitrogens with one attached hydrogen (secondary N) is 1. The molecule has 0 spiro atoms. The van der Waals surface area contributed by atoms with Gasteiger partial charge in [0.25, 0.3) is 5.91 Å². The molecule has 1 N–H and O–H groups in total. The van der Waals surface area contributed by atoms with Gasteiger partial charge in [0.1, 0.15) is 11.8 Å². The maximum Gasteiger partial charge on any atom is 0.416 e. The lowest BCUT2D eigenvalue weighted by Gasteiger charge is -2.36. The van der Waals surface area contributed by atoms with Crippen LogP contribution in [0.4, 0.5) is 24.5 Å². The third kappa shape index (κ3) is 3.77. The molecule has 0 aliphatic carbocycles. The van der Waals surface area contributed by atoms with E-state index in [2.05, 4.69) is 5.32 Å². The molecule has 0 saturated heterocycles. The molecule has 0 saturated carbocycles. The van der Waals surface area contributed by atoms with Gasteiger partial charge in [-0.25, -0.2) is 0 Å². The van der Waals surface area contributed by atoms with Crippen LogP contribution < -0.4 is 15.0 Å². The third-order valence-corrected chi connectivity index (χ3v) is 4.66. The van der Waals surface area contributed by atoms with E-state index in [0.717, 1.165) is 18.2 Å². The number of nitrogens with zero attached hydrogens (tertiary/aromatic N) is 1. The number of rotatable bonds is 3. The molecule has 0 radical (unpaired) electrons. The summed E-state index contributed by atoms with van der Waals surface area (Å²) in [5.74, 6) is -0.679. The number of carbonyl (C=O) groups excluding carboxylic acids is 2. The Labute approximate surface area is 164 Å². The van der Waals surface area contributed by atoms with Crippen molar-refractivity contribution >= 4 is 34.8 Å². The van der Waals surface area contributed by atoms with Gasteiger partial charge in [-0.05, 0) is 44.2 Å². The minimum atomic E-state index is -4.58. The van der Waals surface area contributed by atoms with Gasteiger partial charge in [0.2, 0.25) is 5.91 Å². The first kappa shape index (κ1) is 20.0. The Morgan fingerprint density at radius 3 is 2.61 bits per heavy atom. The Morgan fingerprint density at radius 2 is 1.93 bits per heavy atom. The lowest BCUT2D eigenvalue weighted by atomic mass is 10.1. The zero-order valence-corrected chi connectivity index (χ0v) is 15.6. The maximum absolute atomic E-state index is 12.9. The Hall–Kier alpha value is -2.74. The molecular formula is C19H16ClF3N2O3. The van der Waals surface area contributed by atoms with Crippen molar-refractivity contribution in [2.45, 2.75) is 32.2 Å². The topological polar surface area (TPSA) is 58.6 Å². The quantitative estimate of drug-likeness (QED) is 0.807. The summed E-state index contributed by atoms with van der Waals surface area (Å²) in [7, 11) is 0. The minimum absolute atomic E-state index is 0.0457. The van der Waals surface area contributed by atoms with E-state index in [0.29, 0.717) is 11.4 Å². The second-order valence-electron chi connectivity index (χ2n) is 6.29. The van der Waals surface area contributed by atoms with Crippen LogP contribution in [0.5, 0.6) is 5.75 Å². The number of alkyl halides is 3. The molecular weight excluding hydrogens is 397 g/mol. The number of fused-ring (bicyclic) bond motifs is 1. The molecule has 1 aliphatic heterocycles. The largest absolute Gasteiger partial charge is 0.479 e. The van der Waals surface area contributed by atoms with Crippen LogP contribution >= 0.6 is 11.6 Å². The van der Waals surface area contributed by atoms with Gasteiger partial charge in [-0.1, -0.05) is 23.7 Å². The van der Waals surface area contributed by atoms with Crippen LogP contribution in [0.15, 0.2) is 42.5 Å². The summed E-state index contributed by atoms with van der Waals surface area (Å²) in [5, 5.41) is 2.33. The van der Waals surface area contributed by atoms with Gasteiger partial charge < -0.3 is 10.1 Å². The number of para-hydroxylation sites is 2. The van der Waals surface area contributed by atoms with Gasteiger partial charge in [-0.2, -0.15) is 13.2 Å². The van der Waals surface area contributed by atoms with Crippen molar-refractivity contribution in [1.29, 1.82) is 0 Å². The number of anilines is 2. The van der Waals surface area contributed by atoms with Gasteiger partial charge in [-0.3, -0.25) is 14.5 Å². The van der Waals surface area contributed by atoms with E-state index in [1.54, 1.807) is 31.2 Å². The van der Waals surface area contributed by atoms with E-state index in [9.17, 15) is 22.8 Å². The van der Waals surface area contributed by atoms with Crippen molar-refractivity contribution in [3.63, 3.8) is 0 Å². The van der Waals surface area contributed by atoms with Crippen molar-refractivity contribution < 1.29 is 27.5 Å². The molecule has 9 heteroatoms. The van der Waals surface area contributed by atoms with E-state index in [1.807, 2.05) is 0 Å². The lowest BCUT2D eigenvalue weighted by molar-refractivity contribution is -0.137. The number of benzene rings is 2. The minimum Gasteiger partial charge on any atom is -0.479 e. The zero-order valence-electron chi connectivity index (χ0n) is 14.9. The number of amides is 2. The average molecular weight is 413 g/mol. The molecule has 1 aliphatic rings. The smallest absolute Gasteiger partial charge is 0.416 e. The molecule has 28 heavy (non-hydrogen) atoms. The van der Waals surface area contributed by atoms with Crippen LogP contribution in [0, 0.1) is 0 Å². The number of ether oxygens (including phenoxy) is 1. The van der Waals surface area contributed by atoms with Crippen molar-refractivity contribution in [3.05, 3.63) is 53.1 Å². The fourth-order valence-corrected chi connectivity index (χ4v) is 3.03. The summed E-state index contributed by atoms with van der Waals surface area (Å²) in [6, 6.07) is 8.34. The van der Waals surface area contributed by atoms with Crippen molar-refractivity contribution in [3.8, 4) is 5.75 Å². The summed E-state index contributed by atoms with van der Waals surface area (Å²) >= 11 is 5.93. The van der Waals surface area contributed by atoms with Crippen LogP contribution in [0.25, 0.3) is 0 Å². The number of hydrogen-bond acceptors (Lipinski definition) is 3. The fourth-order valence-electron chi connectivity index (χ4n) is 2.86. The Morgan fingerprint density at radius 1 is 1.25 bits per heavy atom. The molecule has 3 rings (SSSR count). The molecule has 2 aromatic carbocycles. The molecule has 148 valence electrons. The number of hydrogen-bond donors (Lipinski definition) is 1. The third-order valence-electron chi connectivity index (χ3n) is 4.33. The maximum atomic E-state index is 12.9. The Kier molecular flexibility index (Phi) is 5.25. The van der Waals surface area contributed by atoms with E-state index < -0.39 is 35.7 Å². The van der Waals surface area contributed by atoms with Crippen molar-refractivity contribution in [2.24, 2.45) is 0 Å². The summed E-state index contributed by atoms with van der Waals surface area (Å²) in [6.45, 7) is 3.03. The monoisotopic (exact) mass is 412 g/mol. The second kappa shape index (κ2) is 7.35. The summed E-state index contributed by atoms with van der Waals surface area (Å²) in [6.07, 6.45) is -5.38. The lowest BCUT2D eigenvalue weighted by Crippen LogP contribution is -2.52. The summed E-state index contributed by atoms with van der Waals surface area (Å²) in [5.41, 5.74) is -0.722. The highest BCUT2D eigenvalue weighted by molar-refractivity contribution is 6.33. The highest BCUT2D eigenvalue weighted by Crippen LogP contribution is 2.36.